The molecule has 1 aromatic rings. The lowest BCUT2D eigenvalue weighted by molar-refractivity contribution is -0.144. The number of ether oxygens (including phenoxy) is 3. The number of esters is 1. The van der Waals surface area contributed by atoms with Gasteiger partial charge >= 0.3 is 5.97 Å². The Bertz CT molecular complexity index is 615. The molecule has 0 fully saturated rings. The normalized spacial score (nSPS) is 11.4. The molecule has 1 aromatic carbocycles. The van der Waals surface area contributed by atoms with Gasteiger partial charge in [0.1, 0.15) is 12.4 Å². The molecule has 0 amide bonds. The lowest BCUT2D eigenvalue weighted by Gasteiger charge is -2.26. The standard InChI is InChI=1S/C22H31NO4/c1-5-8-14-23(4)20(18-25-16-13-22(24)26-7-3)17-19-9-11-21(12-10-19)27-15-6-2/h6,9-12,20H,2,7,13-18H2,1,3-4H3/t20-/m0/s1. The van der Waals surface area contributed by atoms with E-state index in [4.69, 9.17) is 14.2 Å². The fourth-order valence-corrected chi connectivity index (χ4v) is 2.43. The molecule has 0 aliphatic carbocycles. The number of hydrogen-bond acceptors (Lipinski definition) is 5. The smallest absolute Gasteiger partial charge is 0.308 e. The summed E-state index contributed by atoms with van der Waals surface area (Å²) in [6.07, 6.45) is 2.82. The van der Waals surface area contributed by atoms with Gasteiger partial charge in [-0.1, -0.05) is 30.7 Å². The SMILES string of the molecule is C=CCOc1ccc(C[C@@H](COCCC(=O)OCC)N(C)CC#CC)cc1. The second-order valence-electron chi connectivity index (χ2n) is 6.07. The zero-order valence-electron chi connectivity index (χ0n) is 16.7. The van der Waals surface area contributed by atoms with Gasteiger partial charge in [-0.05, 0) is 45.0 Å². The molecule has 0 radical (unpaired) electrons. The highest BCUT2D eigenvalue weighted by atomic mass is 16.5. The van der Waals surface area contributed by atoms with Crippen LogP contribution in [0.25, 0.3) is 0 Å². The minimum absolute atomic E-state index is 0.160. The van der Waals surface area contributed by atoms with Crippen molar-refractivity contribution in [2.24, 2.45) is 0 Å². The van der Waals surface area contributed by atoms with Gasteiger partial charge in [0.15, 0.2) is 0 Å². The van der Waals surface area contributed by atoms with Crippen LogP contribution in [-0.4, -0.2) is 56.9 Å². The van der Waals surface area contributed by atoms with E-state index in [1.807, 2.05) is 26.1 Å². The number of hydrogen-bond donors (Lipinski definition) is 0. The van der Waals surface area contributed by atoms with Gasteiger partial charge in [0.2, 0.25) is 0 Å². The molecule has 0 bridgehead atoms. The molecule has 0 aliphatic heterocycles. The second kappa shape index (κ2) is 13.9. The van der Waals surface area contributed by atoms with Crippen molar-refractivity contribution in [2.45, 2.75) is 32.7 Å². The third-order valence-corrected chi connectivity index (χ3v) is 3.96. The van der Waals surface area contributed by atoms with Crippen molar-refractivity contribution in [2.75, 3.05) is 40.0 Å². The maximum atomic E-state index is 11.4. The van der Waals surface area contributed by atoms with Crippen LogP contribution in [-0.2, 0) is 20.7 Å². The van der Waals surface area contributed by atoms with Crippen LogP contribution < -0.4 is 4.74 Å². The number of nitrogens with zero attached hydrogens (tertiary/aromatic N) is 1. The summed E-state index contributed by atoms with van der Waals surface area (Å²) in [7, 11) is 2.03. The van der Waals surface area contributed by atoms with Crippen molar-refractivity contribution in [3.8, 4) is 17.6 Å². The predicted octanol–water partition coefficient (Wildman–Crippen LogP) is 3.09. The summed E-state index contributed by atoms with van der Waals surface area (Å²) in [6, 6.07) is 8.20. The third-order valence-electron chi connectivity index (χ3n) is 3.96. The first-order valence-electron chi connectivity index (χ1n) is 9.26. The van der Waals surface area contributed by atoms with E-state index in [0.717, 1.165) is 12.2 Å². The van der Waals surface area contributed by atoms with Gasteiger partial charge < -0.3 is 14.2 Å². The molecule has 0 aliphatic rings. The number of likely N-dealkylation sites (N-methyl/N-ethyl adjacent to an activating group) is 1. The van der Waals surface area contributed by atoms with E-state index in [1.165, 1.54) is 5.56 Å². The van der Waals surface area contributed by atoms with Crippen LogP contribution in [0.3, 0.4) is 0 Å². The van der Waals surface area contributed by atoms with Crippen LogP contribution in [0.2, 0.25) is 0 Å². The summed E-state index contributed by atoms with van der Waals surface area (Å²) in [4.78, 5) is 13.6. The highest BCUT2D eigenvalue weighted by molar-refractivity contribution is 5.69. The molecule has 0 unspecified atom stereocenters. The molecule has 0 aromatic heterocycles. The van der Waals surface area contributed by atoms with E-state index in [-0.39, 0.29) is 18.4 Å². The maximum absolute atomic E-state index is 11.4. The zero-order valence-corrected chi connectivity index (χ0v) is 16.7. The molecule has 148 valence electrons. The average Bonchev–Trinajstić information content (AvgIpc) is 2.68. The van der Waals surface area contributed by atoms with Gasteiger partial charge in [-0.2, -0.15) is 0 Å². The van der Waals surface area contributed by atoms with Crippen molar-refractivity contribution in [3.05, 3.63) is 42.5 Å². The van der Waals surface area contributed by atoms with Crippen molar-refractivity contribution >= 4 is 5.97 Å². The van der Waals surface area contributed by atoms with E-state index in [1.54, 1.807) is 13.0 Å². The predicted molar refractivity (Wildman–Crippen MR) is 108 cm³/mol. The monoisotopic (exact) mass is 373 g/mol. The number of carbonyl (C=O) groups excluding carboxylic acids is 1. The van der Waals surface area contributed by atoms with Crippen LogP contribution in [0, 0.1) is 11.8 Å². The molecule has 0 heterocycles. The second-order valence-corrected chi connectivity index (χ2v) is 6.07. The molecule has 0 saturated carbocycles. The quantitative estimate of drug-likeness (QED) is 0.230. The Hall–Kier alpha value is -2.29. The van der Waals surface area contributed by atoms with Gasteiger partial charge in [0, 0.05) is 6.04 Å². The largest absolute Gasteiger partial charge is 0.490 e. The van der Waals surface area contributed by atoms with Gasteiger partial charge in [-0.15, -0.1) is 5.92 Å². The Morgan fingerprint density at radius 2 is 2.07 bits per heavy atom. The van der Waals surface area contributed by atoms with E-state index in [9.17, 15) is 4.79 Å². The molecule has 0 saturated heterocycles. The summed E-state index contributed by atoms with van der Waals surface area (Å²) in [5.41, 5.74) is 1.19. The number of carbonyl (C=O) groups is 1. The molecular weight excluding hydrogens is 342 g/mol. The minimum Gasteiger partial charge on any atom is -0.490 e. The summed E-state index contributed by atoms with van der Waals surface area (Å²) in [6.45, 7) is 9.72. The lowest BCUT2D eigenvalue weighted by Crippen LogP contribution is -2.38. The van der Waals surface area contributed by atoms with E-state index in [2.05, 4.69) is 35.5 Å². The summed E-state index contributed by atoms with van der Waals surface area (Å²) in [5.74, 6) is 6.61. The minimum atomic E-state index is -0.227. The van der Waals surface area contributed by atoms with Crippen LogP contribution >= 0.6 is 0 Å². The molecule has 0 N–H and O–H groups in total. The first-order chi connectivity index (χ1) is 13.1. The first-order valence-corrected chi connectivity index (χ1v) is 9.26. The van der Waals surface area contributed by atoms with Gasteiger partial charge in [0.25, 0.3) is 0 Å². The van der Waals surface area contributed by atoms with Crippen LogP contribution in [0.4, 0.5) is 0 Å². The third kappa shape index (κ3) is 9.83. The van der Waals surface area contributed by atoms with Crippen molar-refractivity contribution in [1.82, 2.24) is 4.90 Å². The molecule has 5 heteroatoms. The molecule has 5 nitrogen and oxygen atoms in total. The Labute approximate surface area is 163 Å². The summed E-state index contributed by atoms with van der Waals surface area (Å²) in [5, 5.41) is 0. The highest BCUT2D eigenvalue weighted by Gasteiger charge is 2.16. The molecule has 1 atom stereocenters. The zero-order chi connectivity index (χ0) is 19.9. The summed E-state index contributed by atoms with van der Waals surface area (Å²) >= 11 is 0. The van der Waals surface area contributed by atoms with Gasteiger partial charge in [-0.25, -0.2) is 0 Å². The Kier molecular flexibility index (Phi) is 11.7. The fraction of sp³-hybridized carbons (Fsp3) is 0.500. The van der Waals surface area contributed by atoms with Gasteiger partial charge in [-0.3, -0.25) is 9.69 Å². The van der Waals surface area contributed by atoms with E-state index < -0.39 is 0 Å². The Balaban J connectivity index is 2.60. The lowest BCUT2D eigenvalue weighted by atomic mass is 10.1. The Morgan fingerprint density at radius 1 is 1.33 bits per heavy atom. The van der Waals surface area contributed by atoms with Crippen molar-refractivity contribution < 1.29 is 19.0 Å². The van der Waals surface area contributed by atoms with Crippen LogP contribution in [0.1, 0.15) is 25.8 Å². The molecule has 27 heavy (non-hydrogen) atoms. The maximum Gasteiger partial charge on any atom is 0.308 e. The average molecular weight is 373 g/mol. The highest BCUT2D eigenvalue weighted by Crippen LogP contribution is 2.15. The van der Waals surface area contributed by atoms with Gasteiger partial charge in [0.05, 0.1) is 32.8 Å². The van der Waals surface area contributed by atoms with E-state index >= 15 is 0 Å². The molecule has 0 spiro atoms. The van der Waals surface area contributed by atoms with Crippen molar-refractivity contribution in [1.29, 1.82) is 0 Å². The van der Waals surface area contributed by atoms with Crippen molar-refractivity contribution in [3.63, 3.8) is 0 Å². The van der Waals surface area contributed by atoms with E-state index in [0.29, 0.717) is 33.0 Å². The topological polar surface area (TPSA) is 48.0 Å². The molecular formula is C22H31NO4. The van der Waals surface area contributed by atoms with Crippen LogP contribution in [0.15, 0.2) is 36.9 Å². The number of benzene rings is 1. The molecule has 1 rings (SSSR count). The number of rotatable bonds is 13. The Morgan fingerprint density at radius 3 is 2.70 bits per heavy atom. The first kappa shape index (κ1) is 22.8. The van der Waals surface area contributed by atoms with Crippen LogP contribution in [0.5, 0.6) is 5.75 Å². The fourth-order valence-electron chi connectivity index (χ4n) is 2.43. The summed E-state index contributed by atoms with van der Waals surface area (Å²) < 4.78 is 16.2.